The predicted octanol–water partition coefficient (Wildman–Crippen LogP) is -0.149. The first kappa shape index (κ1) is 12.4. The number of hydrogen-bond donors (Lipinski definition) is 2. The van der Waals surface area contributed by atoms with Crippen molar-refractivity contribution in [3.63, 3.8) is 0 Å². The van der Waals surface area contributed by atoms with Crippen LogP contribution in [0.4, 0.5) is 0 Å². The maximum absolute atomic E-state index is 12.0. The number of nitrogens with zero attached hydrogens (tertiary/aromatic N) is 1. The molecule has 96 valence electrons. The summed E-state index contributed by atoms with van der Waals surface area (Å²) in [6.07, 6.45) is 3.02. The fourth-order valence-electron chi connectivity index (χ4n) is 2.72. The Morgan fingerprint density at radius 2 is 2.35 bits per heavy atom. The fraction of sp³-hybridized carbons (Fsp3) is 0.833. The Kier molecular flexibility index (Phi) is 3.66. The van der Waals surface area contributed by atoms with Crippen LogP contribution >= 0.6 is 0 Å². The molecule has 3 N–H and O–H groups in total. The van der Waals surface area contributed by atoms with Crippen molar-refractivity contribution < 1.29 is 9.59 Å². The van der Waals surface area contributed by atoms with Crippen LogP contribution in [0.5, 0.6) is 0 Å². The number of nitrogens with one attached hydrogen (secondary N) is 1. The van der Waals surface area contributed by atoms with E-state index in [1.54, 1.807) is 0 Å². The molecular weight excluding hydrogens is 218 g/mol. The van der Waals surface area contributed by atoms with Gasteiger partial charge < -0.3 is 16.0 Å². The van der Waals surface area contributed by atoms with E-state index in [4.69, 9.17) is 5.73 Å². The van der Waals surface area contributed by atoms with Crippen LogP contribution in [0.3, 0.4) is 0 Å². The summed E-state index contributed by atoms with van der Waals surface area (Å²) in [5.74, 6) is 0.619. The summed E-state index contributed by atoms with van der Waals surface area (Å²) in [5.41, 5.74) is 5.78. The van der Waals surface area contributed by atoms with Gasteiger partial charge in [0, 0.05) is 25.6 Å². The van der Waals surface area contributed by atoms with Crippen molar-refractivity contribution >= 4 is 11.8 Å². The molecule has 17 heavy (non-hydrogen) atoms. The minimum absolute atomic E-state index is 0.0582. The van der Waals surface area contributed by atoms with E-state index in [1.165, 1.54) is 0 Å². The van der Waals surface area contributed by atoms with Gasteiger partial charge in [-0.3, -0.25) is 9.59 Å². The molecule has 2 fully saturated rings. The second kappa shape index (κ2) is 5.04. The highest BCUT2D eigenvalue weighted by atomic mass is 16.2. The molecule has 0 aromatic heterocycles. The second-order valence-electron chi connectivity index (χ2n) is 5.06. The number of likely N-dealkylation sites (tertiary alicyclic amines) is 1. The van der Waals surface area contributed by atoms with Gasteiger partial charge >= 0.3 is 0 Å². The third kappa shape index (κ3) is 2.60. The van der Waals surface area contributed by atoms with Crippen LogP contribution in [-0.2, 0) is 9.59 Å². The minimum atomic E-state index is -0.371. The molecule has 5 nitrogen and oxygen atoms in total. The van der Waals surface area contributed by atoms with Crippen LogP contribution in [0.1, 0.15) is 32.6 Å². The van der Waals surface area contributed by atoms with Crippen molar-refractivity contribution in [3.05, 3.63) is 0 Å². The van der Waals surface area contributed by atoms with Crippen LogP contribution in [-0.4, -0.2) is 41.9 Å². The Labute approximate surface area is 102 Å². The molecule has 2 aliphatic heterocycles. The maximum Gasteiger partial charge on any atom is 0.239 e. The topological polar surface area (TPSA) is 75.4 Å². The van der Waals surface area contributed by atoms with Gasteiger partial charge in [-0.15, -0.1) is 0 Å². The highest BCUT2D eigenvalue weighted by molar-refractivity contribution is 5.82. The molecule has 0 aromatic rings. The first-order chi connectivity index (χ1) is 8.11. The van der Waals surface area contributed by atoms with Crippen molar-refractivity contribution in [3.8, 4) is 0 Å². The number of hydrogen-bond acceptors (Lipinski definition) is 3. The zero-order chi connectivity index (χ0) is 12.4. The zero-order valence-corrected chi connectivity index (χ0v) is 10.3. The molecular formula is C12H21N3O2. The lowest BCUT2D eigenvalue weighted by molar-refractivity contribution is -0.136. The molecule has 2 amide bonds. The van der Waals surface area contributed by atoms with Gasteiger partial charge in [-0.05, 0) is 25.2 Å². The lowest BCUT2D eigenvalue weighted by Crippen LogP contribution is -2.57. The van der Waals surface area contributed by atoms with Crippen LogP contribution in [0.15, 0.2) is 0 Å². The van der Waals surface area contributed by atoms with Gasteiger partial charge in [0.15, 0.2) is 0 Å². The Bertz CT molecular complexity index is 319. The van der Waals surface area contributed by atoms with E-state index in [0.29, 0.717) is 25.3 Å². The molecule has 2 saturated heterocycles. The van der Waals surface area contributed by atoms with Crippen molar-refractivity contribution in [1.82, 2.24) is 10.2 Å². The smallest absolute Gasteiger partial charge is 0.239 e. The third-order valence-electron chi connectivity index (χ3n) is 3.89. The molecule has 0 aromatic carbocycles. The first-order valence-electron chi connectivity index (χ1n) is 6.45. The average Bonchev–Trinajstić information content (AvgIpc) is 2.36. The molecule has 2 heterocycles. The second-order valence-corrected chi connectivity index (χ2v) is 5.06. The monoisotopic (exact) mass is 239 g/mol. The molecule has 2 aliphatic rings. The summed E-state index contributed by atoms with van der Waals surface area (Å²) in [5, 5.41) is 3.01. The van der Waals surface area contributed by atoms with Gasteiger partial charge in [0.25, 0.3) is 0 Å². The number of amides is 2. The van der Waals surface area contributed by atoms with Gasteiger partial charge in [-0.25, -0.2) is 0 Å². The van der Waals surface area contributed by atoms with E-state index >= 15 is 0 Å². The number of fused-ring (bicyclic) bond motifs is 1. The summed E-state index contributed by atoms with van der Waals surface area (Å²) in [6.45, 7) is 3.39. The molecule has 2 unspecified atom stereocenters. The third-order valence-corrected chi connectivity index (χ3v) is 3.89. The van der Waals surface area contributed by atoms with E-state index in [-0.39, 0.29) is 23.9 Å². The summed E-state index contributed by atoms with van der Waals surface area (Å²) in [6, 6.07) is -0.108. The minimum Gasteiger partial charge on any atom is -0.353 e. The molecule has 0 aliphatic carbocycles. The van der Waals surface area contributed by atoms with Crippen molar-refractivity contribution in [2.75, 3.05) is 13.1 Å². The Balaban J connectivity index is 1.94. The van der Waals surface area contributed by atoms with Gasteiger partial charge in [-0.1, -0.05) is 6.92 Å². The number of rotatable bonds is 2. The Hall–Kier alpha value is -1.10. The van der Waals surface area contributed by atoms with E-state index in [0.717, 1.165) is 19.4 Å². The van der Waals surface area contributed by atoms with Crippen molar-refractivity contribution in [2.45, 2.75) is 44.7 Å². The van der Waals surface area contributed by atoms with E-state index in [1.807, 2.05) is 11.8 Å². The zero-order valence-electron chi connectivity index (χ0n) is 10.3. The SMILES string of the molecule is CC[C@@H](N)C(=O)N1CCC2NC(=O)CCC2C1. The van der Waals surface area contributed by atoms with Crippen LogP contribution < -0.4 is 11.1 Å². The van der Waals surface area contributed by atoms with Gasteiger partial charge in [0.05, 0.1) is 6.04 Å². The maximum atomic E-state index is 12.0. The summed E-state index contributed by atoms with van der Waals surface area (Å²) in [4.78, 5) is 25.1. The number of carbonyl (C=O) groups excluding carboxylic acids is 2. The number of piperidine rings is 2. The van der Waals surface area contributed by atoms with Crippen LogP contribution in [0.2, 0.25) is 0 Å². The molecule has 3 atom stereocenters. The fourth-order valence-corrected chi connectivity index (χ4v) is 2.72. The van der Waals surface area contributed by atoms with E-state index < -0.39 is 0 Å². The number of nitrogens with two attached hydrogens (primary N) is 1. The van der Waals surface area contributed by atoms with E-state index in [9.17, 15) is 9.59 Å². The highest BCUT2D eigenvalue weighted by Gasteiger charge is 2.35. The quantitative estimate of drug-likeness (QED) is 0.703. The van der Waals surface area contributed by atoms with Gasteiger partial charge in [0.2, 0.25) is 11.8 Å². The normalized spacial score (nSPS) is 30.5. The summed E-state index contributed by atoms with van der Waals surface area (Å²) in [7, 11) is 0. The summed E-state index contributed by atoms with van der Waals surface area (Å²) >= 11 is 0. The molecule has 0 bridgehead atoms. The Morgan fingerprint density at radius 3 is 3.06 bits per heavy atom. The van der Waals surface area contributed by atoms with Crippen LogP contribution in [0.25, 0.3) is 0 Å². The van der Waals surface area contributed by atoms with E-state index in [2.05, 4.69) is 5.32 Å². The first-order valence-corrected chi connectivity index (χ1v) is 6.45. The van der Waals surface area contributed by atoms with Crippen molar-refractivity contribution in [1.29, 1.82) is 0 Å². The standard InChI is InChI=1S/C12H21N3O2/c1-2-9(13)12(17)15-6-5-10-8(7-15)3-4-11(16)14-10/h8-10H,2-7,13H2,1H3,(H,14,16)/t8?,9-,10?/m1/s1. The molecule has 0 spiro atoms. The average molecular weight is 239 g/mol. The lowest BCUT2D eigenvalue weighted by Gasteiger charge is -2.42. The molecule has 0 radical (unpaired) electrons. The van der Waals surface area contributed by atoms with Crippen molar-refractivity contribution in [2.24, 2.45) is 11.7 Å². The van der Waals surface area contributed by atoms with Gasteiger partial charge in [-0.2, -0.15) is 0 Å². The number of carbonyl (C=O) groups is 2. The summed E-state index contributed by atoms with van der Waals surface area (Å²) < 4.78 is 0. The molecule has 0 saturated carbocycles. The predicted molar refractivity (Wildman–Crippen MR) is 64.1 cm³/mol. The Morgan fingerprint density at radius 1 is 1.59 bits per heavy atom. The molecule has 5 heteroatoms. The molecule has 2 rings (SSSR count). The lowest BCUT2D eigenvalue weighted by atomic mass is 9.85. The van der Waals surface area contributed by atoms with Gasteiger partial charge in [0.1, 0.15) is 0 Å². The highest BCUT2D eigenvalue weighted by Crippen LogP contribution is 2.25. The largest absolute Gasteiger partial charge is 0.353 e. The van der Waals surface area contributed by atoms with Crippen LogP contribution in [0, 0.1) is 5.92 Å².